The van der Waals surface area contributed by atoms with Crippen molar-refractivity contribution in [2.75, 3.05) is 0 Å². The summed E-state index contributed by atoms with van der Waals surface area (Å²) in [6, 6.07) is 20.6. The van der Waals surface area contributed by atoms with Crippen molar-refractivity contribution in [3.8, 4) is 28.7 Å². The Bertz CT molecular complexity index is 1110. The summed E-state index contributed by atoms with van der Waals surface area (Å²) in [6.07, 6.45) is 0. The first-order valence-electron chi connectivity index (χ1n) is 7.84. The second-order valence-electron chi connectivity index (χ2n) is 5.73. The van der Waals surface area contributed by atoms with E-state index in [1.54, 1.807) is 6.92 Å². The molecule has 0 amide bonds. The Balaban J connectivity index is 2.06. The first-order chi connectivity index (χ1) is 12.2. The number of nitriles is 1. The largest absolute Gasteiger partial charge is 0.433 e. The molecule has 0 atom stereocenters. The number of fused-ring (bicyclic) bond motifs is 1. The standard InChI is InChI=1S/C21H13FN2O/c1-13-16(12-23)19-20(18(22)17(13)14-8-4-2-5-9-14)25-21(24-19)15-10-6-3-7-11-15/h2-11H,1H3. The summed E-state index contributed by atoms with van der Waals surface area (Å²) in [7, 11) is 0. The molecular formula is C21H13FN2O. The highest BCUT2D eigenvalue weighted by molar-refractivity contribution is 5.90. The summed E-state index contributed by atoms with van der Waals surface area (Å²) in [5.74, 6) is -0.192. The predicted molar refractivity (Wildman–Crippen MR) is 94.3 cm³/mol. The van der Waals surface area contributed by atoms with E-state index >= 15 is 4.39 Å². The van der Waals surface area contributed by atoms with Crippen LogP contribution in [-0.2, 0) is 0 Å². The highest BCUT2D eigenvalue weighted by Crippen LogP contribution is 2.37. The maximum atomic E-state index is 15.2. The van der Waals surface area contributed by atoms with Crippen molar-refractivity contribution in [1.29, 1.82) is 5.26 Å². The van der Waals surface area contributed by atoms with Gasteiger partial charge in [-0.1, -0.05) is 48.5 Å². The average Bonchev–Trinajstić information content (AvgIpc) is 3.09. The molecule has 0 saturated heterocycles. The molecule has 0 spiro atoms. The summed E-state index contributed by atoms with van der Waals surface area (Å²) < 4.78 is 20.9. The van der Waals surface area contributed by atoms with Crippen LogP contribution in [0.1, 0.15) is 11.1 Å². The molecule has 120 valence electrons. The van der Waals surface area contributed by atoms with Gasteiger partial charge in [-0.3, -0.25) is 0 Å². The SMILES string of the molecule is Cc1c(-c2ccccc2)c(F)c2oc(-c3ccccc3)nc2c1C#N. The van der Waals surface area contributed by atoms with Gasteiger partial charge in [0.15, 0.2) is 11.4 Å². The summed E-state index contributed by atoms with van der Waals surface area (Å²) >= 11 is 0. The molecule has 0 aliphatic heterocycles. The van der Waals surface area contributed by atoms with Crippen LogP contribution < -0.4 is 0 Å². The minimum absolute atomic E-state index is 0.0138. The van der Waals surface area contributed by atoms with E-state index in [0.717, 1.165) is 5.56 Å². The average molecular weight is 328 g/mol. The van der Waals surface area contributed by atoms with Gasteiger partial charge in [0.25, 0.3) is 0 Å². The molecule has 0 radical (unpaired) electrons. The lowest BCUT2D eigenvalue weighted by molar-refractivity contribution is 0.565. The van der Waals surface area contributed by atoms with E-state index in [1.165, 1.54) is 0 Å². The molecule has 1 aromatic heterocycles. The van der Waals surface area contributed by atoms with Crippen molar-refractivity contribution < 1.29 is 8.81 Å². The highest BCUT2D eigenvalue weighted by atomic mass is 19.1. The number of oxazole rings is 1. The van der Waals surface area contributed by atoms with Gasteiger partial charge in [-0.25, -0.2) is 9.37 Å². The highest BCUT2D eigenvalue weighted by Gasteiger charge is 2.23. The second-order valence-corrected chi connectivity index (χ2v) is 5.73. The van der Waals surface area contributed by atoms with Gasteiger partial charge in [-0.05, 0) is 30.2 Å². The zero-order valence-corrected chi connectivity index (χ0v) is 13.5. The van der Waals surface area contributed by atoms with E-state index in [0.29, 0.717) is 28.1 Å². The Morgan fingerprint density at radius 2 is 1.56 bits per heavy atom. The molecule has 4 aromatic rings. The van der Waals surface area contributed by atoms with Crippen molar-refractivity contribution in [2.45, 2.75) is 6.92 Å². The van der Waals surface area contributed by atoms with Crippen LogP contribution in [0.2, 0.25) is 0 Å². The third kappa shape index (κ3) is 2.38. The van der Waals surface area contributed by atoms with Crippen molar-refractivity contribution >= 4 is 11.1 Å². The quantitative estimate of drug-likeness (QED) is 0.489. The Kier molecular flexibility index (Phi) is 3.55. The number of hydrogen-bond acceptors (Lipinski definition) is 3. The van der Waals surface area contributed by atoms with Gasteiger partial charge in [-0.2, -0.15) is 5.26 Å². The molecule has 3 aromatic carbocycles. The monoisotopic (exact) mass is 328 g/mol. The van der Waals surface area contributed by atoms with Gasteiger partial charge in [0, 0.05) is 11.1 Å². The summed E-state index contributed by atoms with van der Waals surface area (Å²) in [6.45, 7) is 1.74. The van der Waals surface area contributed by atoms with E-state index in [-0.39, 0.29) is 11.1 Å². The summed E-state index contributed by atoms with van der Waals surface area (Å²) in [5, 5.41) is 9.60. The van der Waals surface area contributed by atoms with E-state index in [1.807, 2.05) is 60.7 Å². The molecule has 25 heavy (non-hydrogen) atoms. The van der Waals surface area contributed by atoms with E-state index in [9.17, 15) is 5.26 Å². The maximum absolute atomic E-state index is 15.2. The lowest BCUT2D eigenvalue weighted by atomic mass is 9.95. The number of aromatic nitrogens is 1. The van der Waals surface area contributed by atoms with E-state index in [2.05, 4.69) is 11.1 Å². The van der Waals surface area contributed by atoms with Gasteiger partial charge in [0.2, 0.25) is 5.89 Å². The zero-order valence-electron chi connectivity index (χ0n) is 13.5. The number of halogens is 1. The molecule has 4 heteroatoms. The Morgan fingerprint density at radius 1 is 0.960 bits per heavy atom. The van der Waals surface area contributed by atoms with Crippen molar-refractivity contribution in [3.63, 3.8) is 0 Å². The Hall–Kier alpha value is -3.45. The summed E-state index contributed by atoms with van der Waals surface area (Å²) in [4.78, 5) is 4.38. The normalized spacial score (nSPS) is 10.8. The summed E-state index contributed by atoms with van der Waals surface area (Å²) in [5.41, 5.74) is 2.98. The van der Waals surface area contributed by atoms with Crippen LogP contribution in [0.3, 0.4) is 0 Å². The van der Waals surface area contributed by atoms with Crippen LogP contribution in [0.25, 0.3) is 33.7 Å². The molecular weight excluding hydrogens is 315 g/mol. The molecule has 4 rings (SSSR count). The third-order valence-electron chi connectivity index (χ3n) is 4.23. The van der Waals surface area contributed by atoms with Crippen LogP contribution in [0.4, 0.5) is 4.39 Å². The first-order valence-corrected chi connectivity index (χ1v) is 7.84. The topological polar surface area (TPSA) is 49.8 Å². The fourth-order valence-corrected chi connectivity index (χ4v) is 3.01. The number of benzene rings is 3. The van der Waals surface area contributed by atoms with Gasteiger partial charge < -0.3 is 4.42 Å². The molecule has 3 nitrogen and oxygen atoms in total. The maximum Gasteiger partial charge on any atom is 0.227 e. The van der Waals surface area contributed by atoms with Crippen molar-refractivity contribution in [3.05, 3.63) is 77.6 Å². The fraction of sp³-hybridized carbons (Fsp3) is 0.0476. The molecule has 0 unspecified atom stereocenters. The van der Waals surface area contributed by atoms with Gasteiger partial charge >= 0.3 is 0 Å². The number of hydrogen-bond donors (Lipinski definition) is 0. The molecule has 0 fully saturated rings. The van der Waals surface area contributed by atoms with Crippen LogP contribution in [0.5, 0.6) is 0 Å². The fourth-order valence-electron chi connectivity index (χ4n) is 3.01. The molecule has 0 N–H and O–H groups in total. The van der Waals surface area contributed by atoms with Crippen molar-refractivity contribution in [1.82, 2.24) is 4.98 Å². The van der Waals surface area contributed by atoms with Gasteiger partial charge in [-0.15, -0.1) is 0 Å². The molecule has 0 aliphatic carbocycles. The zero-order chi connectivity index (χ0) is 17.4. The Labute approximate surface area is 144 Å². The Morgan fingerprint density at radius 3 is 2.16 bits per heavy atom. The number of nitrogens with zero attached hydrogens (tertiary/aromatic N) is 2. The second kappa shape index (κ2) is 5.88. The van der Waals surface area contributed by atoms with Gasteiger partial charge in [0.1, 0.15) is 11.6 Å². The van der Waals surface area contributed by atoms with Crippen LogP contribution in [-0.4, -0.2) is 4.98 Å². The van der Waals surface area contributed by atoms with E-state index in [4.69, 9.17) is 4.42 Å². The molecule has 1 heterocycles. The smallest absolute Gasteiger partial charge is 0.227 e. The molecule has 0 aliphatic rings. The van der Waals surface area contributed by atoms with Crippen LogP contribution in [0.15, 0.2) is 65.1 Å². The number of rotatable bonds is 2. The lowest BCUT2D eigenvalue weighted by Crippen LogP contribution is -1.95. The third-order valence-corrected chi connectivity index (χ3v) is 4.23. The predicted octanol–water partition coefficient (Wildman–Crippen LogP) is 5.48. The van der Waals surface area contributed by atoms with Gasteiger partial charge in [0.05, 0.1) is 5.56 Å². The van der Waals surface area contributed by atoms with Crippen molar-refractivity contribution in [2.24, 2.45) is 0 Å². The first kappa shape index (κ1) is 15.1. The minimum atomic E-state index is -0.493. The lowest BCUT2D eigenvalue weighted by Gasteiger charge is -2.09. The van der Waals surface area contributed by atoms with Crippen LogP contribution in [0, 0.1) is 24.1 Å². The molecule has 0 saturated carbocycles. The van der Waals surface area contributed by atoms with Crippen LogP contribution >= 0.6 is 0 Å². The minimum Gasteiger partial charge on any atom is -0.433 e. The molecule has 0 bridgehead atoms. The van der Waals surface area contributed by atoms with E-state index < -0.39 is 5.82 Å².